The fraction of sp³-hybridized carbons (Fsp3) is 0.207. The van der Waals surface area contributed by atoms with Crippen LogP contribution in [0.15, 0.2) is 72.3 Å². The van der Waals surface area contributed by atoms with Crippen LogP contribution >= 0.6 is 22.9 Å². The van der Waals surface area contributed by atoms with Gasteiger partial charge in [-0.05, 0) is 65.4 Å². The number of rotatable bonds is 3. The highest BCUT2D eigenvalue weighted by Crippen LogP contribution is 2.44. The monoisotopic (exact) mass is 516 g/mol. The summed E-state index contributed by atoms with van der Waals surface area (Å²) in [4.78, 5) is 32.9. The maximum atomic E-state index is 13.4. The van der Waals surface area contributed by atoms with E-state index in [2.05, 4.69) is 25.8 Å². The van der Waals surface area contributed by atoms with E-state index >= 15 is 0 Å². The fourth-order valence-electron chi connectivity index (χ4n) is 4.40. The van der Waals surface area contributed by atoms with Gasteiger partial charge in [0.15, 0.2) is 5.13 Å². The second-order valence-electron chi connectivity index (χ2n) is 10.0. The molecule has 1 aromatic heterocycles. The highest BCUT2D eigenvalue weighted by Gasteiger charge is 2.48. The van der Waals surface area contributed by atoms with Crippen LogP contribution in [0.25, 0.3) is 16.0 Å². The van der Waals surface area contributed by atoms with Crippen LogP contribution in [-0.4, -0.2) is 21.8 Å². The van der Waals surface area contributed by atoms with Crippen LogP contribution in [0.5, 0.6) is 0 Å². The van der Waals surface area contributed by atoms with Crippen molar-refractivity contribution in [3.8, 4) is 0 Å². The number of carbonyl (C=O) groups excluding carboxylic acids is 2. The molecule has 1 N–H and O–H groups in total. The van der Waals surface area contributed by atoms with Crippen LogP contribution in [0.3, 0.4) is 0 Å². The summed E-state index contributed by atoms with van der Waals surface area (Å²) >= 11 is 7.37. The molecular weight excluding hydrogens is 492 g/mol. The maximum absolute atomic E-state index is 13.4. The molecule has 0 bridgehead atoms. The van der Waals surface area contributed by atoms with Gasteiger partial charge in [-0.1, -0.05) is 74.0 Å². The van der Waals surface area contributed by atoms with Gasteiger partial charge in [-0.15, -0.1) is 0 Å². The Bertz CT molecular complexity index is 1530. The van der Waals surface area contributed by atoms with E-state index in [1.807, 2.05) is 49.4 Å². The Labute approximate surface area is 218 Å². The number of halogens is 1. The van der Waals surface area contributed by atoms with Gasteiger partial charge < -0.3 is 5.11 Å². The number of aromatic nitrogens is 1. The first-order valence-electron chi connectivity index (χ1n) is 11.6. The van der Waals surface area contributed by atoms with E-state index in [0.717, 1.165) is 21.3 Å². The number of benzene rings is 3. The lowest BCUT2D eigenvalue weighted by Crippen LogP contribution is -2.29. The average Bonchev–Trinajstić information content (AvgIpc) is 3.36. The van der Waals surface area contributed by atoms with Gasteiger partial charge in [0.1, 0.15) is 5.76 Å². The third-order valence-electron chi connectivity index (χ3n) is 6.39. The number of nitrogens with zero attached hydrogens (tertiary/aromatic N) is 2. The lowest BCUT2D eigenvalue weighted by Gasteiger charge is -2.24. The van der Waals surface area contributed by atoms with Crippen molar-refractivity contribution in [2.75, 3.05) is 4.90 Å². The molecule has 0 radical (unpaired) electrons. The lowest BCUT2D eigenvalue weighted by atomic mass is 9.85. The molecule has 36 heavy (non-hydrogen) atoms. The number of amides is 1. The molecule has 1 saturated heterocycles. The van der Waals surface area contributed by atoms with Crippen molar-refractivity contribution >= 4 is 55.7 Å². The molecule has 5 rings (SSSR count). The Hall–Kier alpha value is -3.48. The first kappa shape index (κ1) is 24.2. The van der Waals surface area contributed by atoms with Crippen molar-refractivity contribution < 1.29 is 14.7 Å². The molecule has 7 heteroatoms. The number of hydrogen-bond donors (Lipinski definition) is 1. The number of fused-ring (bicyclic) bond motifs is 1. The van der Waals surface area contributed by atoms with E-state index in [-0.39, 0.29) is 16.7 Å². The standard InChI is InChI=1S/C29H25ClN2O3S/c1-16-5-14-21-22(15-16)36-28(31-21)32-24(17-6-10-19(11-7-17)29(2,3)4)23(26(34)27(32)35)25(33)18-8-12-20(30)13-9-18/h5-15,24,33H,1-4H3. The quantitative estimate of drug-likeness (QED) is 0.178. The minimum absolute atomic E-state index is 0.0290. The normalized spacial score (nSPS) is 17.8. The fourth-order valence-corrected chi connectivity index (χ4v) is 5.61. The first-order valence-corrected chi connectivity index (χ1v) is 12.8. The molecule has 0 spiro atoms. The predicted octanol–water partition coefficient (Wildman–Crippen LogP) is 7.18. The summed E-state index contributed by atoms with van der Waals surface area (Å²) in [5.74, 6) is -1.71. The summed E-state index contributed by atoms with van der Waals surface area (Å²) < 4.78 is 0.923. The van der Waals surface area contributed by atoms with Gasteiger partial charge in [0.2, 0.25) is 0 Å². The van der Waals surface area contributed by atoms with Crippen LogP contribution in [-0.2, 0) is 15.0 Å². The summed E-state index contributed by atoms with van der Waals surface area (Å²) in [6.07, 6.45) is 0. The number of aryl methyl sites for hydroxylation is 1. The minimum atomic E-state index is -0.823. The van der Waals surface area contributed by atoms with E-state index in [1.165, 1.54) is 16.2 Å². The van der Waals surface area contributed by atoms with E-state index in [9.17, 15) is 14.7 Å². The highest BCUT2D eigenvalue weighted by molar-refractivity contribution is 7.22. The topological polar surface area (TPSA) is 70.5 Å². The molecule has 2 heterocycles. The summed E-state index contributed by atoms with van der Waals surface area (Å²) in [6.45, 7) is 8.36. The second-order valence-corrected chi connectivity index (χ2v) is 11.5. The summed E-state index contributed by atoms with van der Waals surface area (Å²) in [5, 5.41) is 12.2. The SMILES string of the molecule is Cc1ccc2nc(N3C(=O)C(=O)C(=C(O)c4ccc(Cl)cc4)C3c3ccc(C(C)(C)C)cc3)sc2c1. The molecule has 4 aromatic rings. The first-order chi connectivity index (χ1) is 17.0. The summed E-state index contributed by atoms with van der Waals surface area (Å²) in [6, 6.07) is 19.4. The Morgan fingerprint density at radius 1 is 1.00 bits per heavy atom. The van der Waals surface area contributed by atoms with Gasteiger partial charge in [0.05, 0.1) is 21.8 Å². The van der Waals surface area contributed by atoms with Gasteiger partial charge in [0.25, 0.3) is 5.78 Å². The summed E-state index contributed by atoms with van der Waals surface area (Å²) in [5.41, 5.74) is 4.05. The number of aliphatic hydroxyl groups is 1. The molecule has 1 aliphatic heterocycles. The number of carbonyl (C=O) groups is 2. The smallest absolute Gasteiger partial charge is 0.301 e. The lowest BCUT2D eigenvalue weighted by molar-refractivity contribution is -0.132. The van der Waals surface area contributed by atoms with Gasteiger partial charge in [-0.2, -0.15) is 0 Å². The largest absolute Gasteiger partial charge is 0.507 e. The maximum Gasteiger partial charge on any atom is 0.301 e. The van der Waals surface area contributed by atoms with E-state index in [4.69, 9.17) is 11.6 Å². The molecule has 0 saturated carbocycles. The average molecular weight is 517 g/mol. The molecule has 3 aromatic carbocycles. The highest BCUT2D eigenvalue weighted by atomic mass is 35.5. The van der Waals surface area contributed by atoms with Crippen molar-refractivity contribution in [2.24, 2.45) is 0 Å². The molecule has 1 atom stereocenters. The van der Waals surface area contributed by atoms with Crippen molar-refractivity contribution in [1.82, 2.24) is 4.98 Å². The Morgan fingerprint density at radius 3 is 2.31 bits per heavy atom. The molecule has 1 unspecified atom stereocenters. The van der Waals surface area contributed by atoms with Gasteiger partial charge in [0, 0.05) is 10.6 Å². The Morgan fingerprint density at radius 2 is 1.67 bits per heavy atom. The van der Waals surface area contributed by atoms with Crippen LogP contribution in [0.2, 0.25) is 5.02 Å². The zero-order chi connectivity index (χ0) is 25.8. The van der Waals surface area contributed by atoms with Gasteiger partial charge in [-0.3, -0.25) is 14.5 Å². The Balaban J connectivity index is 1.71. The van der Waals surface area contributed by atoms with E-state index < -0.39 is 17.7 Å². The van der Waals surface area contributed by atoms with Crippen molar-refractivity contribution in [1.29, 1.82) is 0 Å². The molecule has 1 aliphatic rings. The number of hydrogen-bond acceptors (Lipinski definition) is 5. The van der Waals surface area contributed by atoms with Crippen molar-refractivity contribution in [3.05, 3.63) is 99.6 Å². The molecule has 182 valence electrons. The number of anilines is 1. The zero-order valence-corrected chi connectivity index (χ0v) is 21.9. The number of ketones is 1. The number of aliphatic hydroxyl groups excluding tert-OH is 1. The zero-order valence-electron chi connectivity index (χ0n) is 20.4. The molecular formula is C29H25ClN2O3S. The van der Waals surface area contributed by atoms with E-state index in [0.29, 0.717) is 21.3 Å². The third-order valence-corrected chi connectivity index (χ3v) is 7.66. The Kier molecular flexibility index (Phi) is 5.97. The molecule has 1 fully saturated rings. The number of Topliss-reactive ketones (excluding diaryl/α,β-unsaturated/α-hetero) is 1. The summed E-state index contributed by atoms with van der Waals surface area (Å²) in [7, 11) is 0. The van der Waals surface area contributed by atoms with Crippen LogP contribution in [0.1, 0.15) is 49.1 Å². The second kappa shape index (κ2) is 8.87. The molecule has 1 amide bonds. The van der Waals surface area contributed by atoms with Crippen LogP contribution < -0.4 is 4.90 Å². The predicted molar refractivity (Wildman–Crippen MR) is 146 cm³/mol. The molecule has 5 nitrogen and oxygen atoms in total. The third kappa shape index (κ3) is 4.21. The van der Waals surface area contributed by atoms with Gasteiger partial charge >= 0.3 is 5.91 Å². The van der Waals surface area contributed by atoms with Crippen molar-refractivity contribution in [2.45, 2.75) is 39.2 Å². The van der Waals surface area contributed by atoms with Crippen LogP contribution in [0, 0.1) is 6.92 Å². The number of thiazole rings is 1. The van der Waals surface area contributed by atoms with Crippen LogP contribution in [0.4, 0.5) is 5.13 Å². The van der Waals surface area contributed by atoms with Gasteiger partial charge in [-0.25, -0.2) is 4.98 Å². The minimum Gasteiger partial charge on any atom is -0.507 e. The molecule has 0 aliphatic carbocycles. The van der Waals surface area contributed by atoms with Crippen molar-refractivity contribution in [3.63, 3.8) is 0 Å². The van der Waals surface area contributed by atoms with E-state index in [1.54, 1.807) is 24.3 Å².